The van der Waals surface area contributed by atoms with Gasteiger partial charge in [0.1, 0.15) is 11.5 Å². The standard InChI is InChI=1S/C14H21N3O/c18-14-13-11(6-3-9-15-14)16-12(17-13)8-7-10-4-1-2-5-10/h10H,1-9H2,(H,15,18)(H,16,17). The van der Waals surface area contributed by atoms with Crippen molar-refractivity contribution in [2.75, 3.05) is 6.54 Å². The number of nitrogens with one attached hydrogen (secondary N) is 2. The third-order valence-electron chi connectivity index (χ3n) is 4.20. The van der Waals surface area contributed by atoms with Gasteiger partial charge < -0.3 is 10.3 Å². The van der Waals surface area contributed by atoms with E-state index >= 15 is 0 Å². The summed E-state index contributed by atoms with van der Waals surface area (Å²) in [6, 6.07) is 0. The maximum atomic E-state index is 11.8. The predicted molar refractivity (Wildman–Crippen MR) is 69.5 cm³/mol. The first kappa shape index (κ1) is 11.8. The van der Waals surface area contributed by atoms with Crippen molar-refractivity contribution in [2.45, 2.75) is 51.4 Å². The van der Waals surface area contributed by atoms with Crippen LogP contribution in [0.1, 0.15) is 60.5 Å². The number of hydrogen-bond acceptors (Lipinski definition) is 2. The molecule has 0 spiro atoms. The lowest BCUT2D eigenvalue weighted by Crippen LogP contribution is -2.23. The van der Waals surface area contributed by atoms with Gasteiger partial charge >= 0.3 is 0 Å². The molecule has 2 N–H and O–H groups in total. The first-order valence-electron chi connectivity index (χ1n) is 7.19. The summed E-state index contributed by atoms with van der Waals surface area (Å²) in [6.45, 7) is 0.764. The maximum Gasteiger partial charge on any atom is 0.271 e. The molecule has 3 rings (SSSR count). The smallest absolute Gasteiger partial charge is 0.271 e. The highest BCUT2D eigenvalue weighted by Crippen LogP contribution is 2.28. The molecule has 0 saturated heterocycles. The van der Waals surface area contributed by atoms with E-state index in [-0.39, 0.29) is 5.91 Å². The molecule has 4 heteroatoms. The van der Waals surface area contributed by atoms with E-state index < -0.39 is 0 Å². The van der Waals surface area contributed by atoms with Crippen LogP contribution in [0.2, 0.25) is 0 Å². The van der Waals surface area contributed by atoms with E-state index in [1.165, 1.54) is 32.1 Å². The average Bonchev–Trinajstić information content (AvgIpc) is 2.98. The zero-order valence-corrected chi connectivity index (χ0v) is 10.8. The number of aryl methyl sites for hydroxylation is 2. The molecule has 1 amide bonds. The van der Waals surface area contributed by atoms with Gasteiger partial charge in [0.15, 0.2) is 0 Å². The van der Waals surface area contributed by atoms with Crippen LogP contribution in [0, 0.1) is 5.92 Å². The number of nitrogens with zero attached hydrogens (tertiary/aromatic N) is 1. The first-order chi connectivity index (χ1) is 8.83. The van der Waals surface area contributed by atoms with Gasteiger partial charge in [-0.25, -0.2) is 4.98 Å². The number of aromatic amines is 1. The fraction of sp³-hybridized carbons (Fsp3) is 0.714. The Kier molecular flexibility index (Phi) is 3.35. The minimum atomic E-state index is -0.00846. The molecule has 0 unspecified atom stereocenters. The molecule has 2 aliphatic rings. The van der Waals surface area contributed by atoms with Crippen molar-refractivity contribution in [3.63, 3.8) is 0 Å². The van der Waals surface area contributed by atoms with Gasteiger partial charge in [0.2, 0.25) is 0 Å². The van der Waals surface area contributed by atoms with Gasteiger partial charge in [-0.1, -0.05) is 25.7 Å². The Labute approximate surface area is 108 Å². The quantitative estimate of drug-likeness (QED) is 0.860. The van der Waals surface area contributed by atoms with Gasteiger partial charge in [0.05, 0.1) is 0 Å². The summed E-state index contributed by atoms with van der Waals surface area (Å²) in [6.07, 6.45) is 9.68. The van der Waals surface area contributed by atoms with Gasteiger partial charge in [-0.2, -0.15) is 0 Å². The highest BCUT2D eigenvalue weighted by atomic mass is 16.1. The van der Waals surface area contributed by atoms with Crippen molar-refractivity contribution >= 4 is 5.91 Å². The van der Waals surface area contributed by atoms with Crippen LogP contribution in [0.25, 0.3) is 0 Å². The number of aromatic nitrogens is 2. The Bertz CT molecular complexity index is 432. The summed E-state index contributed by atoms with van der Waals surface area (Å²) >= 11 is 0. The Hall–Kier alpha value is -1.32. The molecule has 98 valence electrons. The molecule has 1 aromatic rings. The second-order valence-electron chi connectivity index (χ2n) is 5.56. The van der Waals surface area contributed by atoms with Crippen molar-refractivity contribution in [1.29, 1.82) is 0 Å². The van der Waals surface area contributed by atoms with Gasteiger partial charge in [-0.15, -0.1) is 0 Å². The highest BCUT2D eigenvalue weighted by molar-refractivity contribution is 5.93. The molecule has 4 nitrogen and oxygen atoms in total. The Morgan fingerprint density at radius 2 is 2.06 bits per heavy atom. The van der Waals surface area contributed by atoms with Gasteiger partial charge in [0, 0.05) is 18.7 Å². The SMILES string of the molecule is O=C1NCCCc2[nH]c(CCC3CCCC3)nc21. The van der Waals surface area contributed by atoms with Crippen LogP contribution in [0.4, 0.5) is 0 Å². The van der Waals surface area contributed by atoms with E-state index in [9.17, 15) is 4.79 Å². The van der Waals surface area contributed by atoms with Crippen LogP contribution in [-0.2, 0) is 12.8 Å². The molecule has 1 fully saturated rings. The number of hydrogen-bond donors (Lipinski definition) is 2. The summed E-state index contributed by atoms with van der Waals surface area (Å²) in [7, 11) is 0. The van der Waals surface area contributed by atoms with Crippen LogP contribution in [0.15, 0.2) is 0 Å². The zero-order valence-electron chi connectivity index (χ0n) is 10.8. The summed E-state index contributed by atoms with van der Waals surface area (Å²) in [5, 5.41) is 2.89. The zero-order chi connectivity index (χ0) is 12.4. The topological polar surface area (TPSA) is 57.8 Å². The Balaban J connectivity index is 1.66. The monoisotopic (exact) mass is 247 g/mol. The lowest BCUT2D eigenvalue weighted by atomic mass is 10.0. The van der Waals surface area contributed by atoms with Crippen molar-refractivity contribution in [2.24, 2.45) is 5.92 Å². The van der Waals surface area contributed by atoms with Crippen molar-refractivity contribution < 1.29 is 4.79 Å². The fourth-order valence-corrected chi connectivity index (χ4v) is 3.14. The van der Waals surface area contributed by atoms with Gasteiger partial charge in [-0.3, -0.25) is 4.79 Å². The maximum absolute atomic E-state index is 11.8. The summed E-state index contributed by atoms with van der Waals surface area (Å²) in [5.41, 5.74) is 1.67. The third kappa shape index (κ3) is 2.42. The first-order valence-corrected chi connectivity index (χ1v) is 7.19. The van der Waals surface area contributed by atoms with Crippen LogP contribution in [0.3, 0.4) is 0 Å². The Morgan fingerprint density at radius 1 is 1.22 bits per heavy atom. The van der Waals surface area contributed by atoms with Crippen LogP contribution in [0.5, 0.6) is 0 Å². The normalized spacial score (nSPS) is 20.6. The van der Waals surface area contributed by atoms with Crippen LogP contribution >= 0.6 is 0 Å². The number of carbonyl (C=O) groups excluding carboxylic acids is 1. The molecule has 1 saturated carbocycles. The molecular weight excluding hydrogens is 226 g/mol. The number of rotatable bonds is 3. The molecule has 0 atom stereocenters. The second-order valence-corrected chi connectivity index (χ2v) is 5.56. The van der Waals surface area contributed by atoms with Crippen LogP contribution in [-0.4, -0.2) is 22.4 Å². The number of H-pyrrole nitrogens is 1. The molecule has 0 radical (unpaired) electrons. The average molecular weight is 247 g/mol. The molecule has 1 aromatic heterocycles. The molecule has 1 aliphatic heterocycles. The number of carbonyl (C=O) groups is 1. The predicted octanol–water partition coefficient (Wildman–Crippen LogP) is 2.21. The fourth-order valence-electron chi connectivity index (χ4n) is 3.14. The third-order valence-corrected chi connectivity index (χ3v) is 4.20. The van der Waals surface area contributed by atoms with E-state index in [1.54, 1.807) is 0 Å². The van der Waals surface area contributed by atoms with Gasteiger partial charge in [0.25, 0.3) is 5.91 Å². The molecular formula is C14H21N3O. The van der Waals surface area contributed by atoms with Crippen molar-refractivity contribution in [1.82, 2.24) is 15.3 Å². The minimum Gasteiger partial charge on any atom is -0.351 e. The number of imidazole rings is 1. The lowest BCUT2D eigenvalue weighted by Gasteiger charge is -2.06. The number of fused-ring (bicyclic) bond motifs is 1. The van der Waals surface area contributed by atoms with Crippen molar-refractivity contribution in [3.8, 4) is 0 Å². The largest absolute Gasteiger partial charge is 0.351 e. The second kappa shape index (κ2) is 5.12. The summed E-state index contributed by atoms with van der Waals surface area (Å²) < 4.78 is 0. The summed E-state index contributed by atoms with van der Waals surface area (Å²) in [5.74, 6) is 1.87. The molecule has 0 bridgehead atoms. The van der Waals surface area contributed by atoms with E-state index in [1.807, 2.05) is 0 Å². The van der Waals surface area contributed by atoms with E-state index in [0.717, 1.165) is 43.2 Å². The van der Waals surface area contributed by atoms with E-state index in [4.69, 9.17) is 0 Å². The van der Waals surface area contributed by atoms with Crippen molar-refractivity contribution in [3.05, 3.63) is 17.2 Å². The molecule has 1 aliphatic carbocycles. The minimum absolute atomic E-state index is 0.00846. The van der Waals surface area contributed by atoms with Gasteiger partial charge in [-0.05, 0) is 25.2 Å². The molecule has 0 aromatic carbocycles. The summed E-state index contributed by atoms with van der Waals surface area (Å²) in [4.78, 5) is 19.6. The Morgan fingerprint density at radius 3 is 2.89 bits per heavy atom. The lowest BCUT2D eigenvalue weighted by molar-refractivity contribution is 0.0951. The highest BCUT2D eigenvalue weighted by Gasteiger charge is 2.21. The molecule has 18 heavy (non-hydrogen) atoms. The van der Waals surface area contributed by atoms with Crippen LogP contribution < -0.4 is 5.32 Å². The number of amides is 1. The molecule has 2 heterocycles. The van der Waals surface area contributed by atoms with E-state index in [0.29, 0.717) is 5.69 Å². The van der Waals surface area contributed by atoms with E-state index in [2.05, 4.69) is 15.3 Å².